The number of nitrogens with one attached hydrogen (secondary N) is 1. The molecular weight excluding hydrogens is 250 g/mol. The normalized spacial score (nSPS) is 17.4. The minimum absolute atomic E-state index is 0.0420. The number of hydrogen-bond donors (Lipinski definition) is 3. The highest BCUT2D eigenvalue weighted by molar-refractivity contribution is 7.89. The lowest BCUT2D eigenvalue weighted by atomic mass is 10.1. The Labute approximate surface area is 108 Å². The van der Waals surface area contributed by atoms with Crippen molar-refractivity contribution in [3.8, 4) is 0 Å². The lowest BCUT2D eigenvalue weighted by Crippen LogP contribution is -2.17. The van der Waals surface area contributed by atoms with Crippen molar-refractivity contribution in [2.45, 2.75) is 37.1 Å². The molecule has 0 aromatic heterocycles. The van der Waals surface area contributed by atoms with E-state index in [0.29, 0.717) is 11.7 Å². The van der Waals surface area contributed by atoms with Crippen molar-refractivity contribution in [2.24, 2.45) is 11.1 Å². The van der Waals surface area contributed by atoms with Crippen LogP contribution < -0.4 is 16.2 Å². The van der Waals surface area contributed by atoms with E-state index in [2.05, 4.69) is 12.2 Å². The summed E-state index contributed by atoms with van der Waals surface area (Å²) in [4.78, 5) is 0.0420. The standard InChI is InChI=1S/C12H19N3O2S/c1-8(6-9-2-3-9)15-12-5-4-10(7-11(12)13)18(14,16)17/h4-5,7-9,15H,2-3,6,13H2,1H3,(H2,14,16,17). The molecule has 1 aliphatic carbocycles. The van der Waals surface area contributed by atoms with Crippen LogP contribution in [0, 0.1) is 5.92 Å². The number of nitrogen functional groups attached to an aromatic ring is 1. The Balaban J connectivity index is 2.09. The number of rotatable bonds is 5. The van der Waals surface area contributed by atoms with Crippen molar-refractivity contribution >= 4 is 21.4 Å². The van der Waals surface area contributed by atoms with Gasteiger partial charge in [-0.3, -0.25) is 0 Å². The van der Waals surface area contributed by atoms with Crippen LogP contribution in [0.1, 0.15) is 26.2 Å². The van der Waals surface area contributed by atoms with Gasteiger partial charge in [0.2, 0.25) is 10.0 Å². The quantitative estimate of drug-likeness (QED) is 0.706. The van der Waals surface area contributed by atoms with E-state index in [1.807, 2.05) is 0 Å². The van der Waals surface area contributed by atoms with E-state index >= 15 is 0 Å². The third kappa shape index (κ3) is 3.36. The van der Waals surface area contributed by atoms with E-state index < -0.39 is 10.0 Å². The van der Waals surface area contributed by atoms with Crippen LogP contribution in [-0.2, 0) is 10.0 Å². The zero-order valence-electron chi connectivity index (χ0n) is 10.4. The second-order valence-corrected chi connectivity index (χ2v) is 6.58. The van der Waals surface area contributed by atoms with E-state index in [1.165, 1.54) is 25.0 Å². The van der Waals surface area contributed by atoms with Crippen LogP contribution in [0.2, 0.25) is 0 Å². The maximum absolute atomic E-state index is 11.2. The summed E-state index contributed by atoms with van der Waals surface area (Å²) >= 11 is 0. The fourth-order valence-corrected chi connectivity index (χ4v) is 2.58. The topological polar surface area (TPSA) is 98.2 Å². The van der Waals surface area contributed by atoms with Gasteiger partial charge in [-0.05, 0) is 37.5 Å². The predicted octanol–water partition coefficient (Wildman–Crippen LogP) is 1.52. The first kappa shape index (κ1) is 13.2. The summed E-state index contributed by atoms with van der Waals surface area (Å²) in [5.41, 5.74) is 7.00. The van der Waals surface area contributed by atoms with Gasteiger partial charge in [0.15, 0.2) is 0 Å². The van der Waals surface area contributed by atoms with Gasteiger partial charge in [-0.2, -0.15) is 0 Å². The number of anilines is 2. The van der Waals surface area contributed by atoms with E-state index in [4.69, 9.17) is 10.9 Å². The van der Waals surface area contributed by atoms with Crippen molar-refractivity contribution < 1.29 is 8.42 Å². The summed E-state index contributed by atoms with van der Waals surface area (Å²) in [5.74, 6) is 0.831. The van der Waals surface area contributed by atoms with Crippen LogP contribution in [0.3, 0.4) is 0 Å². The molecule has 6 heteroatoms. The third-order valence-corrected chi connectivity index (χ3v) is 4.05. The van der Waals surface area contributed by atoms with Crippen molar-refractivity contribution in [1.29, 1.82) is 0 Å². The second kappa shape index (κ2) is 4.78. The minimum atomic E-state index is -3.69. The van der Waals surface area contributed by atoms with Gasteiger partial charge in [0.1, 0.15) is 0 Å². The number of benzene rings is 1. The average Bonchev–Trinajstić information content (AvgIpc) is 3.03. The third-order valence-electron chi connectivity index (χ3n) is 3.14. The number of primary sulfonamides is 1. The van der Waals surface area contributed by atoms with Crippen LogP contribution in [0.15, 0.2) is 23.1 Å². The Kier molecular flexibility index (Phi) is 3.49. The molecule has 0 radical (unpaired) electrons. The molecule has 18 heavy (non-hydrogen) atoms. The summed E-state index contributed by atoms with van der Waals surface area (Å²) in [6, 6.07) is 4.86. The van der Waals surface area contributed by atoms with Crippen LogP contribution in [-0.4, -0.2) is 14.5 Å². The summed E-state index contributed by atoms with van der Waals surface area (Å²) < 4.78 is 22.3. The molecule has 1 unspecified atom stereocenters. The monoisotopic (exact) mass is 269 g/mol. The molecular formula is C12H19N3O2S. The average molecular weight is 269 g/mol. The van der Waals surface area contributed by atoms with Gasteiger partial charge in [-0.1, -0.05) is 12.8 Å². The van der Waals surface area contributed by atoms with Gasteiger partial charge >= 0.3 is 0 Å². The van der Waals surface area contributed by atoms with Crippen LogP contribution in [0.4, 0.5) is 11.4 Å². The number of sulfonamides is 1. The molecule has 0 bridgehead atoms. The highest BCUT2D eigenvalue weighted by Crippen LogP contribution is 2.34. The summed E-state index contributed by atoms with van der Waals surface area (Å²) in [6.45, 7) is 2.10. The Bertz CT molecular complexity index is 538. The molecule has 0 amide bonds. The molecule has 1 atom stereocenters. The SMILES string of the molecule is CC(CC1CC1)Nc1ccc(S(N)(=O)=O)cc1N. The zero-order valence-corrected chi connectivity index (χ0v) is 11.2. The lowest BCUT2D eigenvalue weighted by Gasteiger charge is -2.16. The molecule has 5 nitrogen and oxygen atoms in total. The maximum atomic E-state index is 11.2. The van der Waals surface area contributed by atoms with Crippen molar-refractivity contribution in [2.75, 3.05) is 11.1 Å². The predicted molar refractivity (Wildman–Crippen MR) is 72.7 cm³/mol. The molecule has 5 N–H and O–H groups in total. The van der Waals surface area contributed by atoms with Gasteiger partial charge < -0.3 is 11.1 Å². The molecule has 100 valence electrons. The van der Waals surface area contributed by atoms with Gasteiger partial charge in [0, 0.05) is 6.04 Å². The summed E-state index contributed by atoms with van der Waals surface area (Å²) in [6.07, 6.45) is 3.74. The molecule has 1 aliphatic rings. The van der Waals surface area contributed by atoms with Crippen LogP contribution >= 0.6 is 0 Å². The van der Waals surface area contributed by atoms with Crippen molar-refractivity contribution in [3.05, 3.63) is 18.2 Å². The number of hydrogen-bond acceptors (Lipinski definition) is 4. The molecule has 2 rings (SSSR count). The van der Waals surface area contributed by atoms with E-state index in [-0.39, 0.29) is 4.90 Å². The van der Waals surface area contributed by atoms with E-state index in [9.17, 15) is 8.42 Å². The molecule has 1 fully saturated rings. The lowest BCUT2D eigenvalue weighted by molar-refractivity contribution is 0.598. The smallest absolute Gasteiger partial charge is 0.238 e. The largest absolute Gasteiger partial charge is 0.397 e. The van der Waals surface area contributed by atoms with Crippen molar-refractivity contribution in [3.63, 3.8) is 0 Å². The summed E-state index contributed by atoms with van der Waals surface area (Å²) in [7, 11) is -3.69. The summed E-state index contributed by atoms with van der Waals surface area (Å²) in [5, 5.41) is 8.35. The number of nitrogens with two attached hydrogens (primary N) is 2. The molecule has 1 aromatic carbocycles. The first-order chi connectivity index (χ1) is 8.36. The zero-order chi connectivity index (χ0) is 13.3. The van der Waals surface area contributed by atoms with E-state index in [1.54, 1.807) is 6.07 Å². The van der Waals surface area contributed by atoms with Crippen LogP contribution in [0.5, 0.6) is 0 Å². The Morgan fingerprint density at radius 1 is 1.44 bits per heavy atom. The molecule has 1 aromatic rings. The van der Waals surface area contributed by atoms with Crippen molar-refractivity contribution in [1.82, 2.24) is 0 Å². The highest BCUT2D eigenvalue weighted by atomic mass is 32.2. The second-order valence-electron chi connectivity index (χ2n) is 5.02. The Morgan fingerprint density at radius 2 is 2.11 bits per heavy atom. The Hall–Kier alpha value is -1.27. The fourth-order valence-electron chi connectivity index (χ4n) is 2.03. The molecule has 0 heterocycles. The highest BCUT2D eigenvalue weighted by Gasteiger charge is 2.23. The first-order valence-electron chi connectivity index (χ1n) is 6.05. The Morgan fingerprint density at radius 3 is 2.61 bits per heavy atom. The molecule has 1 saturated carbocycles. The van der Waals surface area contributed by atoms with Crippen LogP contribution in [0.25, 0.3) is 0 Å². The van der Waals surface area contributed by atoms with Gasteiger partial charge in [0.25, 0.3) is 0 Å². The minimum Gasteiger partial charge on any atom is -0.397 e. The molecule has 0 spiro atoms. The van der Waals surface area contributed by atoms with Gasteiger partial charge in [-0.15, -0.1) is 0 Å². The molecule has 0 aliphatic heterocycles. The van der Waals surface area contributed by atoms with Gasteiger partial charge in [-0.25, -0.2) is 13.6 Å². The van der Waals surface area contributed by atoms with E-state index in [0.717, 1.165) is 18.0 Å². The maximum Gasteiger partial charge on any atom is 0.238 e. The fraction of sp³-hybridized carbons (Fsp3) is 0.500. The van der Waals surface area contributed by atoms with Gasteiger partial charge in [0.05, 0.1) is 16.3 Å². The molecule has 0 saturated heterocycles. The first-order valence-corrected chi connectivity index (χ1v) is 7.60.